The largest absolute Gasteiger partial charge is 0.508 e. The number of aromatic hydroxyl groups is 1. The smallest absolute Gasteiger partial charge is 0.330 e. The zero-order valence-electron chi connectivity index (χ0n) is 13.2. The average molecular weight is 336 g/mol. The van der Waals surface area contributed by atoms with Crippen LogP contribution in [0, 0.1) is 0 Å². The van der Waals surface area contributed by atoms with Gasteiger partial charge in [-0.3, -0.25) is 0 Å². The van der Waals surface area contributed by atoms with Gasteiger partial charge in [0.05, 0.1) is 13.2 Å². The lowest BCUT2D eigenvalue weighted by Crippen LogP contribution is -2.17. The minimum absolute atomic E-state index is 0.0360. The molecule has 1 rings (SSSR count). The highest BCUT2D eigenvalue weighted by atomic mass is 16.7. The number of carbonyl (C=O) groups is 2. The van der Waals surface area contributed by atoms with E-state index in [1.54, 1.807) is 12.1 Å². The van der Waals surface area contributed by atoms with Gasteiger partial charge in [0.15, 0.2) is 6.29 Å². The van der Waals surface area contributed by atoms with E-state index in [2.05, 4.69) is 13.2 Å². The van der Waals surface area contributed by atoms with E-state index in [0.717, 1.165) is 12.2 Å². The molecule has 0 bridgehead atoms. The molecule has 1 aromatic rings. The molecular formula is C17H20O7. The van der Waals surface area contributed by atoms with Gasteiger partial charge in [-0.1, -0.05) is 25.3 Å². The maximum Gasteiger partial charge on any atom is 0.330 e. The van der Waals surface area contributed by atoms with Crippen LogP contribution in [0.25, 0.3) is 0 Å². The Morgan fingerprint density at radius 3 is 1.79 bits per heavy atom. The molecular weight excluding hydrogens is 316 g/mol. The van der Waals surface area contributed by atoms with E-state index in [1.807, 2.05) is 0 Å². The van der Waals surface area contributed by atoms with Crippen LogP contribution < -0.4 is 0 Å². The Kier molecular flexibility index (Phi) is 8.88. The first-order valence-corrected chi connectivity index (χ1v) is 7.17. The highest BCUT2D eigenvalue weighted by Gasteiger charge is 2.13. The maximum absolute atomic E-state index is 11.0. The molecule has 0 aliphatic carbocycles. The number of carbonyl (C=O) groups excluding carboxylic acids is 2. The van der Waals surface area contributed by atoms with Crippen molar-refractivity contribution in [3.05, 3.63) is 55.1 Å². The van der Waals surface area contributed by atoms with Gasteiger partial charge >= 0.3 is 11.9 Å². The average Bonchev–Trinajstić information content (AvgIpc) is 2.60. The number of rotatable bonds is 11. The summed E-state index contributed by atoms with van der Waals surface area (Å²) in [7, 11) is 0. The van der Waals surface area contributed by atoms with Crippen LogP contribution in [-0.4, -0.2) is 43.5 Å². The van der Waals surface area contributed by atoms with Crippen LogP contribution in [0.4, 0.5) is 0 Å². The predicted octanol–water partition coefficient (Wildman–Crippen LogP) is 1.88. The Bertz CT molecular complexity index is 523. The molecule has 0 fully saturated rings. The molecule has 1 aromatic carbocycles. The molecule has 7 nitrogen and oxygen atoms in total. The molecule has 0 radical (unpaired) electrons. The van der Waals surface area contributed by atoms with E-state index >= 15 is 0 Å². The van der Waals surface area contributed by atoms with Crippen LogP contribution in [0.15, 0.2) is 49.6 Å². The summed E-state index contributed by atoms with van der Waals surface area (Å²) in [5, 5.41) is 9.33. The van der Waals surface area contributed by atoms with Gasteiger partial charge in [0, 0.05) is 17.7 Å². The van der Waals surface area contributed by atoms with Gasteiger partial charge < -0.3 is 24.1 Å². The van der Waals surface area contributed by atoms with Crippen LogP contribution in [-0.2, 0) is 28.5 Å². The van der Waals surface area contributed by atoms with Crippen molar-refractivity contribution in [2.24, 2.45) is 0 Å². The number of phenols is 1. The van der Waals surface area contributed by atoms with Gasteiger partial charge in [-0.2, -0.15) is 0 Å². The number of esters is 2. The standard InChI is InChI=1S/C17H20O7/c1-3-15(19)21-9-11-23-17(13-5-7-14(18)8-6-13)24-12-10-22-16(20)4-2/h3-8,17-18H,1-2,9-12H2. The molecule has 0 saturated heterocycles. The summed E-state index contributed by atoms with van der Waals surface area (Å²) in [6.45, 7) is 6.84. The monoisotopic (exact) mass is 336 g/mol. The van der Waals surface area contributed by atoms with Gasteiger partial charge in [-0.25, -0.2) is 9.59 Å². The van der Waals surface area contributed by atoms with E-state index in [4.69, 9.17) is 18.9 Å². The van der Waals surface area contributed by atoms with Crippen molar-refractivity contribution in [2.45, 2.75) is 6.29 Å². The number of hydrogen-bond donors (Lipinski definition) is 1. The molecule has 24 heavy (non-hydrogen) atoms. The number of benzene rings is 1. The third-order valence-corrected chi connectivity index (χ3v) is 2.69. The second-order valence-corrected chi connectivity index (χ2v) is 4.41. The number of phenolic OH excluding ortho intramolecular Hbond substituents is 1. The van der Waals surface area contributed by atoms with Crippen molar-refractivity contribution in [2.75, 3.05) is 26.4 Å². The van der Waals surface area contributed by atoms with Crippen LogP contribution in [0.3, 0.4) is 0 Å². The minimum atomic E-state index is -0.768. The third kappa shape index (κ3) is 7.57. The van der Waals surface area contributed by atoms with Crippen LogP contribution >= 0.6 is 0 Å². The van der Waals surface area contributed by atoms with Crippen molar-refractivity contribution in [3.63, 3.8) is 0 Å². The van der Waals surface area contributed by atoms with Crippen molar-refractivity contribution >= 4 is 11.9 Å². The van der Waals surface area contributed by atoms with Crippen molar-refractivity contribution in [1.29, 1.82) is 0 Å². The minimum Gasteiger partial charge on any atom is -0.508 e. The molecule has 130 valence electrons. The van der Waals surface area contributed by atoms with Gasteiger partial charge in [0.1, 0.15) is 19.0 Å². The molecule has 0 spiro atoms. The Morgan fingerprint density at radius 2 is 1.38 bits per heavy atom. The highest BCUT2D eigenvalue weighted by molar-refractivity contribution is 5.81. The van der Waals surface area contributed by atoms with E-state index in [-0.39, 0.29) is 32.2 Å². The van der Waals surface area contributed by atoms with Crippen molar-refractivity contribution in [1.82, 2.24) is 0 Å². The Balaban J connectivity index is 2.50. The fourth-order valence-electron chi connectivity index (χ4n) is 1.58. The topological polar surface area (TPSA) is 91.3 Å². The molecule has 0 aromatic heterocycles. The molecule has 0 aliphatic rings. The summed E-state index contributed by atoms with van der Waals surface area (Å²) in [6.07, 6.45) is 1.35. The summed E-state index contributed by atoms with van der Waals surface area (Å²) in [4.78, 5) is 21.9. The molecule has 7 heteroatoms. The second-order valence-electron chi connectivity index (χ2n) is 4.41. The van der Waals surface area contributed by atoms with Crippen LogP contribution in [0.2, 0.25) is 0 Å². The van der Waals surface area contributed by atoms with E-state index in [0.29, 0.717) is 5.56 Å². The molecule has 0 unspecified atom stereocenters. The molecule has 0 atom stereocenters. The number of hydrogen-bond acceptors (Lipinski definition) is 7. The van der Waals surface area contributed by atoms with Crippen molar-refractivity contribution in [3.8, 4) is 5.75 Å². The first-order chi connectivity index (χ1) is 11.6. The zero-order valence-corrected chi connectivity index (χ0v) is 13.2. The molecule has 0 aliphatic heterocycles. The zero-order chi connectivity index (χ0) is 17.8. The van der Waals surface area contributed by atoms with E-state index in [9.17, 15) is 14.7 Å². The fraction of sp³-hybridized carbons (Fsp3) is 0.294. The third-order valence-electron chi connectivity index (χ3n) is 2.69. The predicted molar refractivity (Wildman–Crippen MR) is 85.1 cm³/mol. The van der Waals surface area contributed by atoms with E-state index in [1.165, 1.54) is 12.1 Å². The Hall–Kier alpha value is -2.64. The summed E-state index contributed by atoms with van der Waals surface area (Å²) >= 11 is 0. The van der Waals surface area contributed by atoms with Gasteiger partial charge in [0.25, 0.3) is 0 Å². The second kappa shape index (κ2) is 11.0. The maximum atomic E-state index is 11.0. The van der Waals surface area contributed by atoms with Gasteiger partial charge in [-0.15, -0.1) is 0 Å². The summed E-state index contributed by atoms with van der Waals surface area (Å²) in [5.41, 5.74) is 0.651. The van der Waals surface area contributed by atoms with Crippen LogP contribution in [0.1, 0.15) is 11.9 Å². The van der Waals surface area contributed by atoms with Gasteiger partial charge in [-0.05, 0) is 12.1 Å². The lowest BCUT2D eigenvalue weighted by atomic mass is 10.2. The highest BCUT2D eigenvalue weighted by Crippen LogP contribution is 2.21. The first kappa shape index (κ1) is 19.4. The van der Waals surface area contributed by atoms with Gasteiger partial charge in [0.2, 0.25) is 0 Å². The van der Waals surface area contributed by atoms with Crippen LogP contribution in [0.5, 0.6) is 5.75 Å². The molecule has 0 heterocycles. The Labute approximate surface area is 140 Å². The summed E-state index contributed by atoms with van der Waals surface area (Å²) in [6, 6.07) is 6.24. The molecule has 1 N–H and O–H groups in total. The Morgan fingerprint density at radius 1 is 0.917 bits per heavy atom. The lowest BCUT2D eigenvalue weighted by Gasteiger charge is -2.19. The summed E-state index contributed by atoms with van der Waals surface area (Å²) in [5.74, 6) is -0.980. The first-order valence-electron chi connectivity index (χ1n) is 7.17. The molecule has 0 saturated carbocycles. The summed E-state index contributed by atoms with van der Waals surface area (Å²) < 4.78 is 20.7. The quantitative estimate of drug-likeness (QED) is 0.285. The number of ether oxygens (including phenoxy) is 4. The molecule has 0 amide bonds. The van der Waals surface area contributed by atoms with Crippen molar-refractivity contribution < 1.29 is 33.6 Å². The SMILES string of the molecule is C=CC(=O)OCCOC(OCCOC(=O)C=C)c1ccc(O)cc1. The normalized spacial score (nSPS) is 10.2. The fourth-order valence-corrected chi connectivity index (χ4v) is 1.58. The van der Waals surface area contributed by atoms with E-state index < -0.39 is 18.2 Å². The lowest BCUT2D eigenvalue weighted by molar-refractivity contribution is -0.169.